The first-order valence-corrected chi connectivity index (χ1v) is 11.8. The molecule has 0 fully saturated rings. The highest BCUT2D eigenvalue weighted by atomic mass is 32.2. The van der Waals surface area contributed by atoms with E-state index < -0.39 is 29.6 Å². The van der Waals surface area contributed by atoms with Crippen LogP contribution in [-0.4, -0.2) is 42.9 Å². The van der Waals surface area contributed by atoms with Gasteiger partial charge in [0.15, 0.2) is 5.78 Å². The summed E-state index contributed by atoms with van der Waals surface area (Å²) in [6, 6.07) is 5.70. The van der Waals surface area contributed by atoms with E-state index in [1.54, 1.807) is 30.8 Å². The van der Waals surface area contributed by atoms with Gasteiger partial charge in [0, 0.05) is 28.6 Å². The van der Waals surface area contributed by atoms with Crippen molar-refractivity contribution in [1.29, 1.82) is 0 Å². The van der Waals surface area contributed by atoms with Gasteiger partial charge in [-0.05, 0) is 42.7 Å². The summed E-state index contributed by atoms with van der Waals surface area (Å²) in [7, 11) is 1.25. The third-order valence-corrected chi connectivity index (χ3v) is 6.69. The van der Waals surface area contributed by atoms with Crippen molar-refractivity contribution in [1.82, 2.24) is 5.32 Å². The monoisotopic (exact) mass is 461 g/mol. The summed E-state index contributed by atoms with van der Waals surface area (Å²) in [4.78, 5) is 39.0. The first kappa shape index (κ1) is 24.0. The van der Waals surface area contributed by atoms with Crippen LogP contribution in [0.2, 0.25) is 0 Å². The highest BCUT2D eigenvalue weighted by molar-refractivity contribution is 7.99. The average molecular weight is 462 g/mol. The molecule has 1 aliphatic heterocycles. The number of rotatable bonds is 7. The molecule has 0 radical (unpaired) electrons. The third-order valence-electron chi connectivity index (χ3n) is 5.83. The lowest BCUT2D eigenvalue weighted by Crippen LogP contribution is -2.43. The smallest absolute Gasteiger partial charge is 0.336 e. The Bertz CT molecular complexity index is 969. The molecule has 2 aliphatic rings. The van der Waals surface area contributed by atoms with Gasteiger partial charge < -0.3 is 14.8 Å². The number of hydrogen-bond acceptors (Lipinski definition) is 7. The number of allylic oxidation sites excluding steroid dienone is 3. The molecule has 32 heavy (non-hydrogen) atoms. The molecule has 8 heteroatoms. The van der Waals surface area contributed by atoms with E-state index in [0.29, 0.717) is 40.3 Å². The van der Waals surface area contributed by atoms with Crippen LogP contribution in [0.4, 0.5) is 4.39 Å². The molecule has 0 saturated heterocycles. The van der Waals surface area contributed by atoms with E-state index in [2.05, 4.69) is 5.32 Å². The minimum Gasteiger partial charge on any atom is -0.468 e. The molecule has 1 N–H and O–H groups in total. The molecule has 1 aliphatic carbocycles. The number of hydrogen-bond donors (Lipinski definition) is 1. The van der Waals surface area contributed by atoms with E-state index in [4.69, 9.17) is 9.47 Å². The highest BCUT2D eigenvalue weighted by Gasteiger charge is 2.47. The number of carbonyl (C=O) groups is 3. The van der Waals surface area contributed by atoms with E-state index in [1.165, 1.54) is 19.2 Å². The number of ether oxygens (including phenoxy) is 2. The van der Waals surface area contributed by atoms with Gasteiger partial charge in [0.1, 0.15) is 18.3 Å². The van der Waals surface area contributed by atoms with Crippen LogP contribution in [-0.2, 0) is 23.9 Å². The van der Waals surface area contributed by atoms with Crippen molar-refractivity contribution in [3.63, 3.8) is 0 Å². The third kappa shape index (κ3) is 4.75. The molecule has 1 aromatic carbocycles. The van der Waals surface area contributed by atoms with Crippen LogP contribution in [0.25, 0.3) is 0 Å². The molecule has 3 rings (SSSR count). The van der Waals surface area contributed by atoms with Gasteiger partial charge in [-0.25, -0.2) is 9.18 Å². The number of methoxy groups -OCH3 is 1. The van der Waals surface area contributed by atoms with Crippen molar-refractivity contribution < 1.29 is 28.2 Å². The van der Waals surface area contributed by atoms with Crippen LogP contribution in [0.5, 0.6) is 0 Å². The summed E-state index contributed by atoms with van der Waals surface area (Å²) in [5.74, 6) is -2.34. The average Bonchev–Trinajstić information content (AvgIpc) is 2.76. The molecule has 0 amide bonds. The molecule has 0 saturated carbocycles. The Hall–Kier alpha value is -2.61. The van der Waals surface area contributed by atoms with Crippen LogP contribution >= 0.6 is 11.8 Å². The van der Waals surface area contributed by atoms with Crippen LogP contribution < -0.4 is 5.32 Å². The molecular formula is C24H28FNO5S. The van der Waals surface area contributed by atoms with Crippen molar-refractivity contribution in [3.05, 3.63) is 58.2 Å². The van der Waals surface area contributed by atoms with Crippen molar-refractivity contribution in [2.45, 2.75) is 33.1 Å². The van der Waals surface area contributed by atoms with Gasteiger partial charge in [-0.2, -0.15) is 11.8 Å². The van der Waals surface area contributed by atoms with E-state index in [9.17, 15) is 18.8 Å². The number of halogens is 1. The standard InChI is InChI=1S/C24H28FNO5S/c1-5-32-11-10-31-24(29)19-14(3)26-17-12-13(2)18(23(28)30-4)22(27)21(17)20(19)15-6-8-16(25)9-7-15/h6-9,13,18,20,26H,5,10-12H2,1-4H3/t13-,18+,20-/m1/s1. The fourth-order valence-corrected chi connectivity index (χ4v) is 4.84. The van der Waals surface area contributed by atoms with Gasteiger partial charge in [-0.15, -0.1) is 0 Å². The fraction of sp³-hybridized carbons (Fsp3) is 0.458. The molecular weight excluding hydrogens is 433 g/mol. The minimum atomic E-state index is -0.958. The van der Waals surface area contributed by atoms with Crippen molar-refractivity contribution in [2.75, 3.05) is 25.2 Å². The number of benzene rings is 1. The zero-order valence-corrected chi connectivity index (χ0v) is 19.5. The van der Waals surface area contributed by atoms with E-state index in [-0.39, 0.29) is 18.3 Å². The Balaban J connectivity index is 2.06. The van der Waals surface area contributed by atoms with Crippen molar-refractivity contribution >= 4 is 29.5 Å². The molecule has 1 aromatic rings. The maximum absolute atomic E-state index is 13.6. The summed E-state index contributed by atoms with van der Waals surface area (Å²) >= 11 is 1.66. The lowest BCUT2D eigenvalue weighted by molar-refractivity contribution is -0.151. The summed E-state index contributed by atoms with van der Waals surface area (Å²) < 4.78 is 24.0. The number of nitrogens with one attached hydrogen (secondary N) is 1. The van der Waals surface area contributed by atoms with Crippen molar-refractivity contribution in [3.8, 4) is 0 Å². The lowest BCUT2D eigenvalue weighted by atomic mass is 9.69. The molecule has 0 unspecified atom stereocenters. The second-order valence-electron chi connectivity index (χ2n) is 7.92. The molecule has 3 atom stereocenters. The first-order valence-electron chi connectivity index (χ1n) is 10.6. The zero-order chi connectivity index (χ0) is 23.4. The van der Waals surface area contributed by atoms with E-state index >= 15 is 0 Å². The Morgan fingerprint density at radius 2 is 1.94 bits per heavy atom. The fourth-order valence-electron chi connectivity index (χ4n) is 4.36. The van der Waals surface area contributed by atoms with Gasteiger partial charge in [0.25, 0.3) is 0 Å². The van der Waals surface area contributed by atoms with Crippen LogP contribution in [0.1, 0.15) is 38.7 Å². The second kappa shape index (κ2) is 10.3. The Kier molecular flexibility index (Phi) is 7.77. The predicted molar refractivity (Wildman–Crippen MR) is 120 cm³/mol. The molecule has 0 aromatic heterocycles. The maximum Gasteiger partial charge on any atom is 0.336 e. The predicted octanol–water partition coefficient (Wildman–Crippen LogP) is 3.74. The number of esters is 2. The Morgan fingerprint density at radius 3 is 2.56 bits per heavy atom. The number of dihydropyridines is 1. The zero-order valence-electron chi connectivity index (χ0n) is 18.7. The number of Topliss-reactive ketones (excluding diaryl/α,β-unsaturated/α-hetero) is 1. The number of thioether (sulfide) groups is 1. The molecule has 6 nitrogen and oxygen atoms in total. The molecule has 172 valence electrons. The van der Waals surface area contributed by atoms with Gasteiger partial charge in [-0.3, -0.25) is 9.59 Å². The molecule has 1 heterocycles. The quantitative estimate of drug-likeness (QED) is 0.376. The first-order chi connectivity index (χ1) is 15.3. The van der Waals surface area contributed by atoms with E-state index in [0.717, 1.165) is 5.75 Å². The SMILES string of the molecule is CCSCCOC(=O)C1=C(C)NC2=C(C(=O)[C@@H](C(=O)OC)[C@H](C)C2)[C@@H]1c1ccc(F)cc1. The van der Waals surface area contributed by atoms with Crippen molar-refractivity contribution in [2.24, 2.45) is 11.8 Å². The van der Waals surface area contributed by atoms with E-state index in [1.807, 2.05) is 13.8 Å². The van der Waals surface area contributed by atoms with Crippen LogP contribution in [0.15, 0.2) is 46.8 Å². The normalized spacial score (nSPS) is 22.9. The number of ketones is 1. The summed E-state index contributed by atoms with van der Waals surface area (Å²) in [5.41, 5.74) is 2.48. The summed E-state index contributed by atoms with van der Waals surface area (Å²) in [6.07, 6.45) is 0.450. The number of carbonyl (C=O) groups excluding carboxylic acids is 3. The Labute approximate surface area is 191 Å². The lowest BCUT2D eigenvalue weighted by Gasteiger charge is -2.38. The van der Waals surface area contributed by atoms with Gasteiger partial charge in [0.05, 0.1) is 12.7 Å². The summed E-state index contributed by atoms with van der Waals surface area (Å²) in [6.45, 7) is 5.85. The maximum atomic E-state index is 13.6. The molecule has 0 spiro atoms. The largest absolute Gasteiger partial charge is 0.468 e. The van der Waals surface area contributed by atoms with Crippen LogP contribution in [0.3, 0.4) is 0 Å². The Morgan fingerprint density at radius 1 is 1.25 bits per heavy atom. The van der Waals surface area contributed by atoms with Crippen LogP contribution in [0, 0.1) is 17.7 Å². The van der Waals surface area contributed by atoms with Gasteiger partial charge >= 0.3 is 11.9 Å². The minimum absolute atomic E-state index is 0.242. The summed E-state index contributed by atoms with van der Waals surface area (Å²) in [5, 5.41) is 3.21. The second-order valence-corrected chi connectivity index (χ2v) is 9.31. The highest BCUT2D eigenvalue weighted by Crippen LogP contribution is 2.45. The van der Waals surface area contributed by atoms with Gasteiger partial charge in [-0.1, -0.05) is 26.0 Å². The topological polar surface area (TPSA) is 81.7 Å². The molecule has 0 bridgehead atoms. The van der Waals surface area contributed by atoms with Gasteiger partial charge in [0.2, 0.25) is 0 Å².